The number of nitro groups is 2. The van der Waals surface area contributed by atoms with Crippen molar-refractivity contribution in [3.63, 3.8) is 0 Å². The fourth-order valence-electron chi connectivity index (χ4n) is 2.87. The van der Waals surface area contributed by atoms with Crippen molar-refractivity contribution >= 4 is 23.0 Å². The summed E-state index contributed by atoms with van der Waals surface area (Å²) in [5.41, 5.74) is -5.57. The lowest BCUT2D eigenvalue weighted by Gasteiger charge is -2.31. The number of nitro benzene ring substituents is 2. The molecular weight excluding hydrogens is 413 g/mol. The Bertz CT molecular complexity index is 1070. The average Bonchev–Trinajstić information content (AvgIpc) is 3.06. The van der Waals surface area contributed by atoms with Gasteiger partial charge in [0, 0.05) is 35.4 Å². The molecule has 0 saturated heterocycles. The smallest absolute Gasteiger partial charge is 0.365 e. The van der Waals surface area contributed by atoms with E-state index >= 15 is 0 Å². The number of rotatable bonds is 4. The van der Waals surface area contributed by atoms with Gasteiger partial charge in [0.15, 0.2) is 5.72 Å². The van der Waals surface area contributed by atoms with Gasteiger partial charge in [-0.15, -0.1) is 0 Å². The van der Waals surface area contributed by atoms with Crippen molar-refractivity contribution in [1.82, 2.24) is 5.01 Å². The molecule has 1 atom stereocenters. The number of alkyl halides is 3. The SMILES string of the molecule is O=C(c1cccc([N+](=O)[O-])c1)N1N=C(C(F)(F)F)CC1(O)c1ccc([N+](=O)[O-])cc1. The Morgan fingerprint density at radius 2 is 1.67 bits per heavy atom. The van der Waals surface area contributed by atoms with E-state index in [1.807, 2.05) is 0 Å². The Balaban J connectivity index is 2.08. The van der Waals surface area contributed by atoms with Crippen LogP contribution in [-0.2, 0) is 5.72 Å². The molecule has 0 fully saturated rings. The number of nitrogens with zero attached hydrogens (tertiary/aromatic N) is 4. The second-order valence-corrected chi connectivity index (χ2v) is 6.27. The molecule has 156 valence electrons. The predicted octanol–water partition coefficient (Wildman–Crippen LogP) is 3.11. The maximum atomic E-state index is 13.2. The number of benzene rings is 2. The third-order valence-electron chi connectivity index (χ3n) is 4.35. The van der Waals surface area contributed by atoms with Gasteiger partial charge in [-0.3, -0.25) is 25.0 Å². The Morgan fingerprint density at radius 1 is 1.07 bits per heavy atom. The molecule has 1 aliphatic heterocycles. The number of carbonyl (C=O) groups is 1. The van der Waals surface area contributed by atoms with E-state index in [2.05, 4.69) is 5.10 Å². The van der Waals surface area contributed by atoms with Crippen LogP contribution in [0.25, 0.3) is 0 Å². The van der Waals surface area contributed by atoms with Crippen molar-refractivity contribution < 1.29 is 32.9 Å². The molecule has 2 aromatic carbocycles. The van der Waals surface area contributed by atoms with E-state index in [0.29, 0.717) is 0 Å². The topological polar surface area (TPSA) is 139 Å². The van der Waals surface area contributed by atoms with E-state index in [4.69, 9.17) is 0 Å². The number of non-ortho nitro benzene ring substituents is 2. The largest absolute Gasteiger partial charge is 0.431 e. The van der Waals surface area contributed by atoms with Crippen LogP contribution >= 0.6 is 0 Å². The first-order valence-corrected chi connectivity index (χ1v) is 8.14. The van der Waals surface area contributed by atoms with Crippen molar-refractivity contribution in [3.8, 4) is 0 Å². The van der Waals surface area contributed by atoms with E-state index in [-0.39, 0.29) is 21.8 Å². The highest BCUT2D eigenvalue weighted by molar-refractivity contribution is 6.00. The molecule has 0 aliphatic carbocycles. The molecule has 1 N–H and O–H groups in total. The number of hydrogen-bond donors (Lipinski definition) is 1. The number of aliphatic hydroxyl groups is 1. The van der Waals surface area contributed by atoms with E-state index in [0.717, 1.165) is 48.5 Å². The quantitative estimate of drug-likeness (QED) is 0.591. The van der Waals surface area contributed by atoms with Gasteiger partial charge in [0.2, 0.25) is 0 Å². The van der Waals surface area contributed by atoms with Crippen LogP contribution in [0, 0.1) is 20.2 Å². The average molecular weight is 424 g/mol. The molecule has 1 amide bonds. The van der Waals surface area contributed by atoms with E-state index in [9.17, 15) is 43.3 Å². The van der Waals surface area contributed by atoms with Gasteiger partial charge in [0.05, 0.1) is 16.3 Å². The summed E-state index contributed by atoms with van der Waals surface area (Å²) in [5.74, 6) is -1.22. The molecule has 0 bridgehead atoms. The van der Waals surface area contributed by atoms with Crippen LogP contribution in [0.4, 0.5) is 24.5 Å². The molecule has 1 unspecified atom stereocenters. The predicted molar refractivity (Wildman–Crippen MR) is 94.4 cm³/mol. The molecule has 3 rings (SSSR count). The summed E-state index contributed by atoms with van der Waals surface area (Å²) in [5, 5.41) is 36.1. The van der Waals surface area contributed by atoms with Crippen LogP contribution in [0.15, 0.2) is 53.6 Å². The zero-order valence-corrected chi connectivity index (χ0v) is 14.7. The van der Waals surface area contributed by atoms with Crippen LogP contribution < -0.4 is 0 Å². The van der Waals surface area contributed by atoms with Crippen LogP contribution in [-0.4, -0.2) is 37.8 Å². The van der Waals surface area contributed by atoms with Crippen LogP contribution in [0.1, 0.15) is 22.3 Å². The standard InChI is InChI=1S/C17H11F3N4O6/c18-17(19,20)14-9-16(26,11-4-6-12(7-5-11)23(27)28)22(21-14)15(25)10-2-1-3-13(8-10)24(29)30/h1-8,26H,9H2. The zero-order valence-electron chi connectivity index (χ0n) is 14.7. The Morgan fingerprint density at radius 3 is 2.20 bits per heavy atom. The molecular formula is C17H11F3N4O6. The Labute approximate surface area is 165 Å². The van der Waals surface area contributed by atoms with Gasteiger partial charge in [-0.05, 0) is 18.2 Å². The minimum absolute atomic E-state index is 0.177. The lowest BCUT2D eigenvalue weighted by molar-refractivity contribution is -0.385. The third kappa shape index (κ3) is 3.69. The molecule has 13 heteroatoms. The molecule has 0 aromatic heterocycles. The third-order valence-corrected chi connectivity index (χ3v) is 4.35. The monoisotopic (exact) mass is 424 g/mol. The summed E-state index contributed by atoms with van der Waals surface area (Å²) in [6.07, 6.45) is -6.10. The highest BCUT2D eigenvalue weighted by Gasteiger charge is 2.53. The number of hydrazone groups is 1. The van der Waals surface area contributed by atoms with Gasteiger partial charge in [-0.25, -0.2) is 0 Å². The fourth-order valence-corrected chi connectivity index (χ4v) is 2.87. The molecule has 0 spiro atoms. The van der Waals surface area contributed by atoms with Crippen LogP contribution in [0.2, 0.25) is 0 Å². The molecule has 0 radical (unpaired) electrons. The lowest BCUT2D eigenvalue weighted by Crippen LogP contribution is -2.43. The minimum atomic E-state index is -4.97. The first kappa shape index (κ1) is 20.9. The summed E-state index contributed by atoms with van der Waals surface area (Å²) in [6.45, 7) is 0. The first-order chi connectivity index (χ1) is 13.9. The number of halogens is 3. The van der Waals surface area contributed by atoms with E-state index < -0.39 is 45.5 Å². The summed E-state index contributed by atoms with van der Waals surface area (Å²) in [7, 11) is 0. The molecule has 1 aliphatic rings. The van der Waals surface area contributed by atoms with Gasteiger partial charge in [-0.2, -0.15) is 23.3 Å². The van der Waals surface area contributed by atoms with Crippen LogP contribution in [0.5, 0.6) is 0 Å². The highest BCUT2D eigenvalue weighted by Crippen LogP contribution is 2.41. The first-order valence-electron chi connectivity index (χ1n) is 8.14. The zero-order chi connectivity index (χ0) is 22.3. The normalized spacial score (nSPS) is 18.8. The molecule has 1 heterocycles. The maximum absolute atomic E-state index is 13.2. The summed E-state index contributed by atoms with van der Waals surface area (Å²) in [4.78, 5) is 33.0. The summed E-state index contributed by atoms with van der Waals surface area (Å²) >= 11 is 0. The molecule has 10 nitrogen and oxygen atoms in total. The van der Waals surface area contributed by atoms with Gasteiger partial charge in [0.1, 0.15) is 5.71 Å². The van der Waals surface area contributed by atoms with Crippen LogP contribution in [0.3, 0.4) is 0 Å². The Hall–Kier alpha value is -3.87. The molecule has 2 aromatic rings. The van der Waals surface area contributed by atoms with Gasteiger partial charge < -0.3 is 5.11 Å². The van der Waals surface area contributed by atoms with Crippen molar-refractivity contribution in [2.75, 3.05) is 0 Å². The molecule has 30 heavy (non-hydrogen) atoms. The summed E-state index contributed by atoms with van der Waals surface area (Å²) in [6, 6.07) is 8.09. The van der Waals surface area contributed by atoms with Gasteiger partial charge >= 0.3 is 6.18 Å². The van der Waals surface area contributed by atoms with Gasteiger partial charge in [-0.1, -0.05) is 6.07 Å². The summed E-state index contributed by atoms with van der Waals surface area (Å²) < 4.78 is 39.7. The van der Waals surface area contributed by atoms with E-state index in [1.54, 1.807) is 0 Å². The number of carbonyl (C=O) groups excluding carboxylic acids is 1. The fraction of sp³-hybridized carbons (Fsp3) is 0.176. The minimum Gasteiger partial charge on any atom is -0.365 e. The highest BCUT2D eigenvalue weighted by atomic mass is 19.4. The Kier molecular flexibility index (Phi) is 4.99. The van der Waals surface area contributed by atoms with Crippen molar-refractivity contribution in [2.24, 2.45) is 5.10 Å². The second-order valence-electron chi connectivity index (χ2n) is 6.27. The number of hydrogen-bond acceptors (Lipinski definition) is 7. The maximum Gasteiger partial charge on any atom is 0.431 e. The van der Waals surface area contributed by atoms with E-state index in [1.165, 1.54) is 0 Å². The number of amides is 1. The molecule has 0 saturated carbocycles. The van der Waals surface area contributed by atoms with Gasteiger partial charge in [0.25, 0.3) is 17.3 Å². The van der Waals surface area contributed by atoms with Crippen molar-refractivity contribution in [1.29, 1.82) is 0 Å². The van der Waals surface area contributed by atoms with Crippen molar-refractivity contribution in [2.45, 2.75) is 18.3 Å². The van der Waals surface area contributed by atoms with Crippen molar-refractivity contribution in [3.05, 3.63) is 79.9 Å². The second kappa shape index (κ2) is 7.18. The lowest BCUT2D eigenvalue weighted by atomic mass is 9.96.